The van der Waals surface area contributed by atoms with Gasteiger partial charge in [-0.05, 0) is 35.9 Å². The van der Waals surface area contributed by atoms with Crippen LogP contribution in [-0.4, -0.2) is 18.4 Å². The Labute approximate surface area is 160 Å². The van der Waals surface area contributed by atoms with Crippen molar-refractivity contribution in [2.24, 2.45) is 5.92 Å². The van der Waals surface area contributed by atoms with Gasteiger partial charge < -0.3 is 10.2 Å². The zero-order valence-electron chi connectivity index (χ0n) is 13.1. The summed E-state index contributed by atoms with van der Waals surface area (Å²) >= 11 is 17.8. The first-order chi connectivity index (χ1) is 11.9. The molecule has 1 unspecified atom stereocenters. The highest BCUT2D eigenvalue weighted by molar-refractivity contribution is 6.42. The predicted octanol–water partition coefficient (Wildman–Crippen LogP) is 4.32. The van der Waals surface area contributed by atoms with E-state index in [4.69, 9.17) is 34.8 Å². The highest BCUT2D eigenvalue weighted by atomic mass is 35.5. The van der Waals surface area contributed by atoms with E-state index in [1.165, 1.54) is 0 Å². The number of carbonyl (C=O) groups is 2. The fourth-order valence-electron chi connectivity index (χ4n) is 2.72. The van der Waals surface area contributed by atoms with Crippen LogP contribution in [0, 0.1) is 5.92 Å². The molecular formula is C18H15Cl3N2O2. The van der Waals surface area contributed by atoms with E-state index in [0.717, 1.165) is 5.56 Å². The highest BCUT2D eigenvalue weighted by Gasteiger charge is 2.35. The summed E-state index contributed by atoms with van der Waals surface area (Å²) in [5, 5.41) is 4.32. The molecule has 1 aliphatic rings. The summed E-state index contributed by atoms with van der Waals surface area (Å²) in [6.45, 7) is 0.719. The Morgan fingerprint density at radius 1 is 1.08 bits per heavy atom. The van der Waals surface area contributed by atoms with Gasteiger partial charge >= 0.3 is 0 Å². The average molecular weight is 398 g/mol. The van der Waals surface area contributed by atoms with Crippen molar-refractivity contribution in [2.75, 3.05) is 11.4 Å². The van der Waals surface area contributed by atoms with Crippen LogP contribution in [0.3, 0.4) is 0 Å². The maximum Gasteiger partial charge on any atom is 0.227 e. The smallest absolute Gasteiger partial charge is 0.227 e. The summed E-state index contributed by atoms with van der Waals surface area (Å²) in [5.74, 6) is -0.648. The molecule has 7 heteroatoms. The number of nitrogens with zero attached hydrogens (tertiary/aromatic N) is 1. The number of carbonyl (C=O) groups excluding carboxylic acids is 2. The van der Waals surface area contributed by atoms with Crippen molar-refractivity contribution >= 4 is 52.3 Å². The summed E-state index contributed by atoms with van der Waals surface area (Å²) in [7, 11) is 0. The van der Waals surface area contributed by atoms with E-state index in [9.17, 15) is 9.59 Å². The molecule has 2 aromatic carbocycles. The Hall–Kier alpha value is -1.75. The second-order valence-electron chi connectivity index (χ2n) is 5.85. The van der Waals surface area contributed by atoms with E-state index in [-0.39, 0.29) is 18.2 Å². The number of benzene rings is 2. The standard InChI is InChI=1S/C18H15Cl3N2O2/c19-13-3-1-11(2-4-13)9-22-18(25)12-7-17(24)23(10-12)14-5-6-15(20)16(21)8-14/h1-6,8,12H,7,9-10H2,(H,22,25). The topological polar surface area (TPSA) is 49.4 Å². The van der Waals surface area contributed by atoms with Crippen molar-refractivity contribution < 1.29 is 9.59 Å². The molecule has 0 spiro atoms. The lowest BCUT2D eigenvalue weighted by Gasteiger charge is -2.17. The van der Waals surface area contributed by atoms with Crippen LogP contribution in [0.4, 0.5) is 5.69 Å². The second kappa shape index (κ2) is 7.65. The predicted molar refractivity (Wildman–Crippen MR) is 100 cm³/mol. The van der Waals surface area contributed by atoms with E-state index in [1.807, 2.05) is 12.1 Å². The molecule has 130 valence electrons. The summed E-state index contributed by atoms with van der Waals surface area (Å²) in [4.78, 5) is 26.2. The quantitative estimate of drug-likeness (QED) is 0.835. The average Bonchev–Trinajstić information content (AvgIpc) is 2.98. The fraction of sp³-hybridized carbons (Fsp3) is 0.222. The van der Waals surface area contributed by atoms with Gasteiger partial charge in [-0.25, -0.2) is 0 Å². The van der Waals surface area contributed by atoms with Gasteiger partial charge in [0.1, 0.15) is 0 Å². The number of hydrogen-bond acceptors (Lipinski definition) is 2. The zero-order valence-corrected chi connectivity index (χ0v) is 15.4. The Morgan fingerprint density at radius 2 is 1.80 bits per heavy atom. The first kappa shape index (κ1) is 18.1. The van der Waals surface area contributed by atoms with Crippen molar-refractivity contribution in [3.8, 4) is 0 Å². The van der Waals surface area contributed by atoms with E-state index < -0.39 is 5.92 Å². The van der Waals surface area contributed by atoms with Crippen LogP contribution in [0.15, 0.2) is 42.5 Å². The summed E-state index contributed by atoms with van der Waals surface area (Å²) in [5.41, 5.74) is 1.59. The van der Waals surface area contributed by atoms with Crippen molar-refractivity contribution in [1.82, 2.24) is 5.32 Å². The summed E-state index contributed by atoms with van der Waals surface area (Å²) in [6, 6.07) is 12.2. The molecule has 1 N–H and O–H groups in total. The third-order valence-corrected chi connectivity index (χ3v) is 5.08. The van der Waals surface area contributed by atoms with Gasteiger partial charge in [0.15, 0.2) is 0 Å². The first-order valence-corrected chi connectivity index (χ1v) is 8.85. The maximum absolute atomic E-state index is 12.4. The van der Waals surface area contributed by atoms with Gasteiger partial charge in [-0.15, -0.1) is 0 Å². The maximum atomic E-state index is 12.4. The van der Waals surface area contributed by atoms with Gasteiger partial charge in [0.25, 0.3) is 0 Å². The lowest BCUT2D eigenvalue weighted by Crippen LogP contribution is -2.32. The van der Waals surface area contributed by atoms with Crippen LogP contribution >= 0.6 is 34.8 Å². The lowest BCUT2D eigenvalue weighted by atomic mass is 10.1. The monoisotopic (exact) mass is 396 g/mol. The largest absolute Gasteiger partial charge is 0.352 e. The minimum Gasteiger partial charge on any atom is -0.352 e. The van der Waals surface area contributed by atoms with Crippen molar-refractivity contribution in [1.29, 1.82) is 0 Å². The molecule has 3 rings (SSSR count). The normalized spacial score (nSPS) is 17.0. The molecule has 1 atom stereocenters. The van der Waals surface area contributed by atoms with Crippen LogP contribution in [-0.2, 0) is 16.1 Å². The summed E-state index contributed by atoms with van der Waals surface area (Å²) in [6.07, 6.45) is 0.173. The molecule has 0 aliphatic carbocycles. The van der Waals surface area contributed by atoms with Crippen LogP contribution in [0.5, 0.6) is 0 Å². The Bertz CT molecular complexity index is 808. The van der Waals surface area contributed by atoms with Crippen LogP contribution in [0.25, 0.3) is 0 Å². The van der Waals surface area contributed by atoms with E-state index in [1.54, 1.807) is 35.2 Å². The lowest BCUT2D eigenvalue weighted by molar-refractivity contribution is -0.126. The van der Waals surface area contributed by atoms with Gasteiger partial charge in [0, 0.05) is 30.2 Å². The minimum absolute atomic E-state index is 0.106. The van der Waals surface area contributed by atoms with E-state index >= 15 is 0 Å². The molecule has 0 radical (unpaired) electrons. The number of rotatable bonds is 4. The fourth-order valence-corrected chi connectivity index (χ4v) is 3.14. The molecule has 0 saturated carbocycles. The molecule has 1 heterocycles. The number of halogens is 3. The molecular weight excluding hydrogens is 383 g/mol. The van der Waals surface area contributed by atoms with E-state index in [0.29, 0.717) is 33.8 Å². The highest BCUT2D eigenvalue weighted by Crippen LogP contribution is 2.31. The van der Waals surface area contributed by atoms with Crippen molar-refractivity contribution in [2.45, 2.75) is 13.0 Å². The summed E-state index contributed by atoms with van der Waals surface area (Å²) < 4.78 is 0. The van der Waals surface area contributed by atoms with Gasteiger partial charge in [-0.3, -0.25) is 9.59 Å². The van der Waals surface area contributed by atoms with Crippen LogP contribution in [0.2, 0.25) is 15.1 Å². The van der Waals surface area contributed by atoms with Crippen molar-refractivity contribution in [3.05, 3.63) is 63.1 Å². The SMILES string of the molecule is O=C(NCc1ccc(Cl)cc1)C1CC(=O)N(c2ccc(Cl)c(Cl)c2)C1. The molecule has 0 bridgehead atoms. The third kappa shape index (κ3) is 4.27. The second-order valence-corrected chi connectivity index (χ2v) is 7.10. The van der Waals surface area contributed by atoms with Gasteiger partial charge in [-0.1, -0.05) is 46.9 Å². The Balaban J connectivity index is 1.62. The van der Waals surface area contributed by atoms with Gasteiger partial charge in [0.2, 0.25) is 11.8 Å². The zero-order chi connectivity index (χ0) is 18.0. The Morgan fingerprint density at radius 3 is 2.48 bits per heavy atom. The molecule has 1 saturated heterocycles. The molecule has 2 aromatic rings. The molecule has 2 amide bonds. The van der Waals surface area contributed by atoms with Gasteiger partial charge in [-0.2, -0.15) is 0 Å². The first-order valence-electron chi connectivity index (χ1n) is 7.71. The van der Waals surface area contributed by atoms with Crippen LogP contribution < -0.4 is 10.2 Å². The number of hydrogen-bond donors (Lipinski definition) is 1. The van der Waals surface area contributed by atoms with Crippen LogP contribution in [0.1, 0.15) is 12.0 Å². The molecule has 25 heavy (non-hydrogen) atoms. The number of nitrogens with one attached hydrogen (secondary N) is 1. The minimum atomic E-state index is -0.394. The Kier molecular flexibility index (Phi) is 5.52. The number of amides is 2. The van der Waals surface area contributed by atoms with Crippen molar-refractivity contribution in [3.63, 3.8) is 0 Å². The molecule has 1 fully saturated rings. The molecule has 1 aliphatic heterocycles. The third-order valence-electron chi connectivity index (χ3n) is 4.09. The number of anilines is 1. The van der Waals surface area contributed by atoms with E-state index in [2.05, 4.69) is 5.32 Å². The molecule has 0 aromatic heterocycles. The molecule has 4 nitrogen and oxygen atoms in total. The van der Waals surface area contributed by atoms with Gasteiger partial charge in [0.05, 0.1) is 16.0 Å².